The van der Waals surface area contributed by atoms with E-state index in [-0.39, 0.29) is 15.8 Å². The molecular weight excluding hydrogens is 300 g/mol. The number of nitrogens with one attached hydrogen (secondary N) is 1. The van der Waals surface area contributed by atoms with Crippen LogP contribution in [0.5, 0.6) is 0 Å². The minimum atomic E-state index is -0.474. The smallest absolute Gasteiger partial charge is 0.339 e. The summed E-state index contributed by atoms with van der Waals surface area (Å²) in [6, 6.07) is 4.88. The minimum absolute atomic E-state index is 0.124. The van der Waals surface area contributed by atoms with Gasteiger partial charge in [-0.15, -0.1) is 0 Å². The number of hydrogen-bond donors (Lipinski definition) is 1. The third-order valence-corrected chi connectivity index (χ3v) is 3.80. The molecule has 0 fully saturated rings. The van der Waals surface area contributed by atoms with Crippen molar-refractivity contribution in [3.8, 4) is 0 Å². The van der Waals surface area contributed by atoms with Crippen molar-refractivity contribution in [3.63, 3.8) is 0 Å². The van der Waals surface area contributed by atoms with Gasteiger partial charge in [0.25, 0.3) is 5.91 Å². The first-order valence-electron chi connectivity index (χ1n) is 7.25. The van der Waals surface area contributed by atoms with Crippen LogP contribution >= 0.6 is 0 Å². The largest absolute Gasteiger partial charge is 0.494 e. The number of ether oxygens (including phenoxy) is 1. The molecule has 1 amide bonds. The fourth-order valence-electron chi connectivity index (χ4n) is 2.32. The molecule has 0 saturated carbocycles. The normalized spacial score (nSPS) is 12.6. The van der Waals surface area contributed by atoms with E-state index in [0.29, 0.717) is 17.7 Å². The Morgan fingerprint density at radius 2 is 2.00 bits per heavy atom. The molecule has 0 aromatic heterocycles. The predicted molar refractivity (Wildman–Crippen MR) is 89.3 cm³/mol. The van der Waals surface area contributed by atoms with E-state index in [0.717, 1.165) is 12.0 Å². The number of nitrogens with zero attached hydrogens (tertiary/aromatic N) is 1. The first-order chi connectivity index (χ1) is 10.2. The summed E-state index contributed by atoms with van der Waals surface area (Å²) in [6.45, 7) is 3.85. The number of anilines is 1. The van der Waals surface area contributed by atoms with E-state index >= 15 is 0 Å². The summed E-state index contributed by atoms with van der Waals surface area (Å²) < 4.78 is 4.90. The summed E-state index contributed by atoms with van der Waals surface area (Å²) in [5.41, 5.74) is 1.64. The lowest BCUT2D eigenvalue weighted by Gasteiger charge is -2.42. The number of methoxy groups -OCH3 is 1. The number of aryl methyl sites for hydroxylation is 1. The van der Waals surface area contributed by atoms with E-state index in [1.807, 2.05) is 34.0 Å². The maximum atomic E-state index is 12.6. The fourth-order valence-corrected chi connectivity index (χ4v) is 2.52. The first kappa shape index (κ1) is 18.5. The Balaban J connectivity index is 3.13. The van der Waals surface area contributed by atoms with Gasteiger partial charge in [-0.2, -0.15) is 0 Å². The van der Waals surface area contributed by atoms with Gasteiger partial charge in [0.1, 0.15) is 0 Å². The molecule has 0 aliphatic carbocycles. The van der Waals surface area contributed by atoms with Crippen LogP contribution < -0.4 is 5.32 Å². The maximum Gasteiger partial charge on any atom is 0.339 e. The van der Waals surface area contributed by atoms with Crippen molar-refractivity contribution in [3.05, 3.63) is 29.3 Å². The molecule has 0 saturated heterocycles. The number of likely N-dealkylation sites (N-methyl/N-ethyl adjacent to an activating group) is 1. The first-order valence-corrected chi connectivity index (χ1v) is 7.62. The van der Waals surface area contributed by atoms with E-state index < -0.39 is 5.97 Å². The van der Waals surface area contributed by atoms with Gasteiger partial charge in [0.05, 0.1) is 32.5 Å². The van der Waals surface area contributed by atoms with Crippen LogP contribution in [0.15, 0.2) is 18.2 Å². The van der Waals surface area contributed by atoms with Gasteiger partial charge in [-0.25, -0.2) is 4.79 Å². The molecule has 0 aliphatic rings. The number of quaternary nitrogens is 1. The molecule has 0 spiro atoms. The van der Waals surface area contributed by atoms with Crippen LogP contribution in [0, 0.1) is 6.92 Å². The highest BCUT2D eigenvalue weighted by Crippen LogP contribution is 2.23. The molecule has 0 bridgehead atoms. The molecule has 6 heteroatoms. The zero-order valence-electron chi connectivity index (χ0n) is 13.8. The molecule has 5 nitrogen and oxygen atoms in total. The summed E-state index contributed by atoms with van der Waals surface area (Å²) in [7, 11) is 4.95. The van der Waals surface area contributed by atoms with E-state index in [4.69, 9.17) is 17.6 Å². The number of carbonyl (C=O) groups is 2. The van der Waals surface area contributed by atoms with E-state index in [1.165, 1.54) is 7.11 Å². The van der Waals surface area contributed by atoms with Gasteiger partial charge in [-0.05, 0) is 18.6 Å². The van der Waals surface area contributed by atoms with Crippen molar-refractivity contribution in [2.45, 2.75) is 32.7 Å². The zero-order chi connectivity index (χ0) is 16.9. The number of hydrogen-bond acceptors (Lipinski definition) is 4. The Kier molecular flexibility index (Phi) is 6.44. The fraction of sp³-hybridized carbons (Fsp3) is 0.500. The van der Waals surface area contributed by atoms with Gasteiger partial charge in [0.2, 0.25) is 0 Å². The molecular formula is C16H24N2O3S. The Morgan fingerprint density at radius 3 is 2.50 bits per heavy atom. The highest BCUT2D eigenvalue weighted by Gasteiger charge is 2.28. The van der Waals surface area contributed by atoms with Gasteiger partial charge in [-0.1, -0.05) is 25.5 Å². The molecule has 0 radical (unpaired) electrons. The van der Waals surface area contributed by atoms with Gasteiger partial charge in [0.15, 0.2) is 6.04 Å². The molecule has 0 aliphatic heterocycles. The number of esters is 1. The number of carbonyl (C=O) groups excluding carboxylic acids is 2. The standard InChI is InChI=1S/C16H24N2O3S/c1-6-8-13(18(3,4)22)15(19)17-14-11(2)9-7-10-12(14)16(20)21-5/h7,9-10,13H,6,8H2,1-5H3,(H,17,19). The molecule has 1 aromatic rings. The van der Waals surface area contributed by atoms with Crippen LogP contribution in [0.3, 0.4) is 0 Å². The van der Waals surface area contributed by atoms with E-state index in [9.17, 15) is 9.59 Å². The van der Waals surface area contributed by atoms with Crippen LogP contribution in [0.2, 0.25) is 0 Å². The summed E-state index contributed by atoms with van der Waals surface area (Å²) in [5.74, 6) is -0.653. The Hall–Kier alpha value is -1.53. The van der Waals surface area contributed by atoms with Crippen molar-refractivity contribution in [1.82, 2.24) is 0 Å². The van der Waals surface area contributed by atoms with Crippen molar-refractivity contribution < 1.29 is 18.2 Å². The van der Waals surface area contributed by atoms with Crippen molar-refractivity contribution in [2.24, 2.45) is 0 Å². The predicted octanol–water partition coefficient (Wildman–Crippen LogP) is 2.43. The van der Waals surface area contributed by atoms with Gasteiger partial charge in [0, 0.05) is 6.42 Å². The highest BCUT2D eigenvalue weighted by atomic mass is 32.1. The lowest BCUT2D eigenvalue weighted by molar-refractivity contribution is -0.768. The topological polar surface area (TPSA) is 55.4 Å². The lowest BCUT2D eigenvalue weighted by atomic mass is 10.1. The third-order valence-electron chi connectivity index (χ3n) is 3.54. The van der Waals surface area contributed by atoms with Gasteiger partial charge >= 0.3 is 5.97 Å². The second kappa shape index (κ2) is 7.65. The van der Waals surface area contributed by atoms with Crippen LogP contribution in [-0.4, -0.2) is 43.0 Å². The summed E-state index contributed by atoms with van der Waals surface area (Å²) in [6.07, 6.45) is 1.54. The Morgan fingerprint density at radius 1 is 1.36 bits per heavy atom. The molecule has 1 atom stereocenters. The average Bonchev–Trinajstić information content (AvgIpc) is 2.44. The highest BCUT2D eigenvalue weighted by molar-refractivity contribution is 7.52. The van der Waals surface area contributed by atoms with Crippen molar-refractivity contribution in [2.75, 3.05) is 26.5 Å². The maximum absolute atomic E-state index is 12.6. The number of amides is 1. The number of benzene rings is 1. The summed E-state index contributed by atoms with van der Waals surface area (Å²) in [5, 5.41) is 2.86. The third kappa shape index (κ3) is 4.48. The summed E-state index contributed by atoms with van der Waals surface area (Å²) in [4.78, 5) is 24.5. The SMILES string of the molecule is CCCC(C(=O)Nc1c(C)cccc1C(=O)OC)[N+](C)(C)[S-]. The Labute approximate surface area is 137 Å². The number of para-hydroxylation sites is 1. The molecule has 122 valence electrons. The minimum Gasteiger partial charge on any atom is -0.494 e. The van der Waals surface area contributed by atoms with Crippen molar-refractivity contribution >= 4 is 30.4 Å². The molecule has 1 rings (SSSR count). The van der Waals surface area contributed by atoms with Crippen LogP contribution in [0.1, 0.15) is 35.7 Å². The Bertz CT molecular complexity index is 553. The van der Waals surface area contributed by atoms with Crippen LogP contribution in [-0.2, 0) is 22.3 Å². The van der Waals surface area contributed by atoms with Gasteiger partial charge < -0.3 is 26.8 Å². The number of rotatable bonds is 6. The van der Waals surface area contributed by atoms with Crippen LogP contribution in [0.25, 0.3) is 0 Å². The molecule has 1 aromatic carbocycles. The molecule has 22 heavy (non-hydrogen) atoms. The summed E-state index contributed by atoms with van der Waals surface area (Å²) >= 11 is 5.39. The second-order valence-corrected chi connectivity index (χ2v) is 6.66. The lowest BCUT2D eigenvalue weighted by Crippen LogP contribution is -2.50. The van der Waals surface area contributed by atoms with Crippen LogP contribution in [0.4, 0.5) is 5.69 Å². The molecule has 0 heterocycles. The average molecular weight is 324 g/mol. The van der Waals surface area contributed by atoms with E-state index in [2.05, 4.69) is 5.32 Å². The quantitative estimate of drug-likeness (QED) is 0.496. The zero-order valence-corrected chi connectivity index (χ0v) is 14.6. The molecule has 1 unspecified atom stereocenters. The van der Waals surface area contributed by atoms with Crippen molar-refractivity contribution in [1.29, 1.82) is 0 Å². The molecule has 1 N–H and O–H groups in total. The monoisotopic (exact) mass is 324 g/mol. The second-order valence-electron chi connectivity index (χ2n) is 5.72. The van der Waals surface area contributed by atoms with E-state index in [1.54, 1.807) is 12.1 Å². The van der Waals surface area contributed by atoms with Gasteiger partial charge in [-0.3, -0.25) is 4.79 Å².